The second-order valence-electron chi connectivity index (χ2n) is 15.7. The van der Waals surface area contributed by atoms with Crippen molar-refractivity contribution in [2.75, 3.05) is 0 Å². The average Bonchev–Trinajstić information content (AvgIpc) is 3.90. The van der Waals surface area contributed by atoms with Gasteiger partial charge in [0.25, 0.3) is 0 Å². The SMILES string of the molecule is CC(C)c1cc(-c2ccccc2)cc(C(C)C)c1-n1c(-c2[c-]ccc3c2oc2cc(-c4ccccc4)ccc23)nc2ccccc21.[2H]C([2H])([2H])c1ccc(-c2[c-]cccc2[N+]#[C-])nc1.[Ir]. The van der Waals surface area contributed by atoms with Crippen LogP contribution in [-0.2, 0) is 20.1 Å². The number of hydrogen-bond acceptors (Lipinski definition) is 3. The molecule has 10 rings (SSSR count). The first-order chi connectivity index (χ1) is 31.0. The van der Waals surface area contributed by atoms with Crippen LogP contribution in [0.2, 0.25) is 0 Å². The first kappa shape index (κ1) is 38.1. The van der Waals surface area contributed by atoms with Gasteiger partial charge in [0.1, 0.15) is 5.58 Å². The molecule has 0 N–H and O–H groups in total. The summed E-state index contributed by atoms with van der Waals surface area (Å²) < 4.78 is 30.9. The zero-order valence-electron chi connectivity index (χ0n) is 37.8. The Balaban J connectivity index is 0.000000255. The zero-order valence-corrected chi connectivity index (χ0v) is 37.2. The number of aryl methyl sites for hydroxylation is 1. The van der Waals surface area contributed by atoms with Crippen LogP contribution < -0.4 is 0 Å². The molecule has 1 radical (unpaired) electrons. The number of para-hydroxylation sites is 2. The summed E-state index contributed by atoms with van der Waals surface area (Å²) in [5.74, 6) is 1.41. The molecule has 0 spiro atoms. The standard InChI is InChI=1S/C43H35N2O.C13H9N2.Ir/c1-27(2)36-24-32(30-16-9-6-10-17-30)25-37(28(3)4)41(36)45-39-21-12-11-20-38(39)44-43(45)35-19-13-18-34-33-23-22-31(26-40(33)46-42(34)35)29-14-7-5-8-15-29;1-10-7-8-13(15-9-10)11-5-3-4-6-12(11)14-2;/h5-18,20-28H,1-4H3;3-4,6-9H,1H3;/q2*-1;/i;1D3;. The predicted molar refractivity (Wildman–Crippen MR) is 251 cm³/mol. The topological polar surface area (TPSA) is 48.2 Å². The Morgan fingerprint density at radius 3 is 2.00 bits per heavy atom. The third-order valence-corrected chi connectivity index (χ3v) is 11.0. The molecule has 0 bridgehead atoms. The van der Waals surface area contributed by atoms with Crippen LogP contribution >= 0.6 is 0 Å². The van der Waals surface area contributed by atoms with Gasteiger partial charge in [-0.3, -0.25) is 4.98 Å². The van der Waals surface area contributed by atoms with Gasteiger partial charge in [0, 0.05) is 41.5 Å². The van der Waals surface area contributed by atoms with E-state index in [0.717, 1.165) is 49.9 Å². The van der Waals surface area contributed by atoms with Crippen molar-refractivity contribution >= 4 is 38.7 Å². The van der Waals surface area contributed by atoms with Crippen molar-refractivity contribution in [2.24, 2.45) is 0 Å². The van der Waals surface area contributed by atoms with Gasteiger partial charge in [0.15, 0.2) is 5.69 Å². The largest absolute Gasteiger partial charge is 0.501 e. The van der Waals surface area contributed by atoms with E-state index in [1.807, 2.05) is 12.1 Å². The molecule has 0 unspecified atom stereocenters. The van der Waals surface area contributed by atoms with Gasteiger partial charge in [-0.05, 0) is 93.7 Å². The van der Waals surface area contributed by atoms with Crippen molar-refractivity contribution in [1.82, 2.24) is 14.5 Å². The van der Waals surface area contributed by atoms with E-state index < -0.39 is 6.85 Å². The number of fused-ring (bicyclic) bond motifs is 4. The third-order valence-electron chi connectivity index (χ3n) is 11.0. The molecule has 0 aliphatic carbocycles. The first-order valence-corrected chi connectivity index (χ1v) is 20.5. The summed E-state index contributed by atoms with van der Waals surface area (Å²) in [5, 5.41) is 2.15. The average molecular weight is 984 g/mol. The molecular weight excluding hydrogens is 937 g/mol. The molecule has 10 aromatic rings. The van der Waals surface area contributed by atoms with Gasteiger partial charge in [-0.1, -0.05) is 147 Å². The Kier molecular flexibility index (Phi) is 11.0. The van der Waals surface area contributed by atoms with E-state index in [1.165, 1.54) is 45.8 Å². The van der Waals surface area contributed by atoms with Crippen LogP contribution in [0, 0.1) is 25.6 Å². The maximum absolute atomic E-state index is 7.26. The predicted octanol–water partition coefficient (Wildman–Crippen LogP) is 15.4. The molecule has 6 heteroatoms. The van der Waals surface area contributed by atoms with Gasteiger partial charge in [0.05, 0.1) is 29.0 Å². The normalized spacial score (nSPS) is 12.0. The molecule has 5 nitrogen and oxygen atoms in total. The van der Waals surface area contributed by atoms with Crippen molar-refractivity contribution in [2.45, 2.75) is 46.4 Å². The van der Waals surface area contributed by atoms with Gasteiger partial charge in [-0.15, -0.1) is 36.4 Å². The second-order valence-corrected chi connectivity index (χ2v) is 15.7. The van der Waals surface area contributed by atoms with Crippen LogP contribution in [0.5, 0.6) is 0 Å². The van der Waals surface area contributed by atoms with Gasteiger partial charge in [0.2, 0.25) is 0 Å². The van der Waals surface area contributed by atoms with Gasteiger partial charge in [-0.2, -0.15) is 0 Å². The van der Waals surface area contributed by atoms with E-state index in [9.17, 15) is 0 Å². The minimum absolute atomic E-state index is 0. The van der Waals surface area contributed by atoms with Crippen LogP contribution in [-0.4, -0.2) is 14.5 Å². The van der Waals surface area contributed by atoms with Crippen LogP contribution in [0.4, 0.5) is 5.69 Å². The van der Waals surface area contributed by atoms with Crippen LogP contribution in [0.1, 0.15) is 60.3 Å². The molecular formula is C56H44IrN4O-2. The van der Waals surface area contributed by atoms with Crippen molar-refractivity contribution in [3.63, 3.8) is 0 Å². The fraction of sp³-hybridized carbons (Fsp3) is 0.125. The first-order valence-electron chi connectivity index (χ1n) is 22.0. The van der Waals surface area contributed by atoms with Crippen LogP contribution in [0.3, 0.4) is 0 Å². The number of nitrogens with zero attached hydrogens (tertiary/aromatic N) is 4. The summed E-state index contributed by atoms with van der Waals surface area (Å²) in [7, 11) is 0. The Morgan fingerprint density at radius 2 is 1.34 bits per heavy atom. The molecule has 0 saturated carbocycles. The molecule has 0 fully saturated rings. The molecule has 7 aromatic carbocycles. The molecule has 0 aliphatic rings. The van der Waals surface area contributed by atoms with E-state index in [1.54, 1.807) is 24.3 Å². The second kappa shape index (κ2) is 18.0. The Labute approximate surface area is 381 Å². The summed E-state index contributed by atoms with van der Waals surface area (Å²) in [4.78, 5) is 12.8. The molecule has 3 heterocycles. The van der Waals surface area contributed by atoms with Gasteiger partial charge >= 0.3 is 0 Å². The quantitative estimate of drug-likeness (QED) is 0.150. The number of pyridine rings is 1. The monoisotopic (exact) mass is 984 g/mol. The summed E-state index contributed by atoms with van der Waals surface area (Å²) >= 11 is 0. The van der Waals surface area contributed by atoms with Crippen molar-refractivity contribution in [1.29, 1.82) is 0 Å². The Hall–Kier alpha value is -6.90. The fourth-order valence-electron chi connectivity index (χ4n) is 8.02. The molecule has 0 amide bonds. The Bertz CT molecular complexity index is 3300. The minimum atomic E-state index is -2.16. The Morgan fingerprint density at radius 1 is 0.661 bits per heavy atom. The van der Waals surface area contributed by atoms with E-state index in [4.69, 9.17) is 20.1 Å². The van der Waals surface area contributed by atoms with E-state index in [0.29, 0.717) is 16.9 Å². The van der Waals surface area contributed by atoms with Crippen molar-refractivity contribution in [3.8, 4) is 50.6 Å². The fourth-order valence-corrected chi connectivity index (χ4v) is 8.02. The molecule has 305 valence electrons. The number of imidazole rings is 1. The summed E-state index contributed by atoms with van der Waals surface area (Å²) in [5.41, 5.74) is 14.9. The number of hydrogen-bond donors (Lipinski definition) is 0. The molecule has 0 aliphatic heterocycles. The third kappa shape index (κ3) is 8.01. The van der Waals surface area contributed by atoms with Crippen LogP contribution in [0.25, 0.3) is 88.4 Å². The number of rotatable bonds is 7. The zero-order chi connectivity index (χ0) is 44.5. The minimum Gasteiger partial charge on any atom is -0.501 e. The number of aromatic nitrogens is 3. The molecule has 0 saturated heterocycles. The van der Waals surface area contributed by atoms with Crippen molar-refractivity contribution < 1.29 is 28.6 Å². The van der Waals surface area contributed by atoms with E-state index in [2.05, 4.69) is 169 Å². The van der Waals surface area contributed by atoms with Gasteiger partial charge < -0.3 is 14.0 Å². The summed E-state index contributed by atoms with van der Waals surface area (Å²) in [6, 6.07) is 59.6. The molecule has 3 aromatic heterocycles. The molecule has 62 heavy (non-hydrogen) atoms. The van der Waals surface area contributed by atoms with E-state index in [-0.39, 0.29) is 37.5 Å². The smallest absolute Gasteiger partial charge is 0.169 e. The van der Waals surface area contributed by atoms with Gasteiger partial charge in [-0.25, -0.2) is 4.85 Å². The maximum atomic E-state index is 7.26. The van der Waals surface area contributed by atoms with E-state index >= 15 is 0 Å². The number of furan rings is 1. The number of benzene rings is 7. The molecule has 0 atom stereocenters. The summed E-state index contributed by atoms with van der Waals surface area (Å²) in [6.45, 7) is 14.0. The van der Waals surface area contributed by atoms with Crippen molar-refractivity contribution in [3.05, 3.63) is 204 Å². The summed E-state index contributed by atoms with van der Waals surface area (Å²) in [6.07, 6.45) is 1.32. The maximum Gasteiger partial charge on any atom is 0.169 e. The van der Waals surface area contributed by atoms with Crippen LogP contribution in [0.15, 0.2) is 168 Å².